The molecule has 0 spiro atoms. The number of carbonyl (C=O) groups excluding carboxylic acids is 1. The second-order valence-corrected chi connectivity index (χ2v) is 4.85. The van der Waals surface area contributed by atoms with Gasteiger partial charge in [-0.1, -0.05) is 0 Å². The number of rotatable bonds is 10. The number of hydrogen-bond acceptors (Lipinski definition) is 11. The van der Waals surface area contributed by atoms with Crippen molar-refractivity contribution in [2.45, 2.75) is 30.3 Å². The van der Waals surface area contributed by atoms with Gasteiger partial charge >= 0.3 is 23.9 Å². The van der Waals surface area contributed by atoms with Gasteiger partial charge in [-0.2, -0.15) is 0 Å². The maximum absolute atomic E-state index is 11.6. The molecule has 0 heterocycles. The molecule has 0 aromatic rings. The molecule has 4 atom stereocenters. The average Bonchev–Trinajstić information content (AvgIpc) is 2.55. The summed E-state index contributed by atoms with van der Waals surface area (Å²) in [7, 11) is 0. The highest BCUT2D eigenvalue weighted by Gasteiger charge is 2.53. The Morgan fingerprint density at radius 3 is 1.81 bits per heavy atom. The number of carboxylic acid groups (broad SMARTS) is 3. The first-order valence-corrected chi connectivity index (χ1v) is 6.50. The Labute approximate surface area is 143 Å². The number of hydrogen-bond donors (Lipinski definition) is 9. The van der Waals surface area contributed by atoms with Crippen molar-refractivity contribution in [3.63, 3.8) is 0 Å². The third-order valence-electron chi connectivity index (χ3n) is 2.94. The van der Waals surface area contributed by atoms with Crippen LogP contribution in [0.15, 0.2) is 11.5 Å². The normalized spacial score (nSPS) is 17.8. The summed E-state index contributed by atoms with van der Waals surface area (Å²) in [5, 5.41) is 81.8. The molecule has 0 aromatic carbocycles. The molecule has 9 N–H and O–H groups in total. The zero-order valence-corrected chi connectivity index (χ0v) is 12.7. The maximum Gasteiger partial charge on any atom is 0.378 e. The van der Waals surface area contributed by atoms with E-state index in [0.29, 0.717) is 0 Å². The van der Waals surface area contributed by atoms with Gasteiger partial charge in [0.2, 0.25) is 17.5 Å². The standard InChI is InChI=1S/C12H16O14/c13-2-3(14)5(17)6(18)7(19)10(22)26-8(9(20)21)12(25,11(23)24)1-4(15)16/h3,5,8,13-14,17-19,25H,1-2H2,(H,15,16)(H,20,21)(H,23,24)/b7-6-/t3-,5-,8+,12+/m1/s1. The molecule has 0 bridgehead atoms. The lowest BCUT2D eigenvalue weighted by atomic mass is 9.92. The third-order valence-corrected chi connectivity index (χ3v) is 2.94. The summed E-state index contributed by atoms with van der Waals surface area (Å²) < 4.78 is 4.03. The lowest BCUT2D eigenvalue weighted by Crippen LogP contribution is -2.56. The van der Waals surface area contributed by atoms with Gasteiger partial charge in [-0.3, -0.25) is 4.79 Å². The van der Waals surface area contributed by atoms with E-state index < -0.39 is 72.3 Å². The minimum atomic E-state index is -3.65. The van der Waals surface area contributed by atoms with Crippen LogP contribution >= 0.6 is 0 Å². The van der Waals surface area contributed by atoms with Gasteiger partial charge in [0, 0.05) is 0 Å². The number of ether oxygens (including phenoxy) is 1. The summed E-state index contributed by atoms with van der Waals surface area (Å²) in [5.41, 5.74) is -3.65. The van der Waals surface area contributed by atoms with Crippen LogP contribution < -0.4 is 0 Å². The second-order valence-electron chi connectivity index (χ2n) is 4.85. The Morgan fingerprint density at radius 1 is 0.962 bits per heavy atom. The third kappa shape index (κ3) is 5.28. The molecule has 0 aromatic heterocycles. The first kappa shape index (κ1) is 23.1. The summed E-state index contributed by atoms with van der Waals surface area (Å²) in [5.74, 6) is -12.4. The predicted molar refractivity (Wildman–Crippen MR) is 73.7 cm³/mol. The average molecular weight is 384 g/mol. The smallest absolute Gasteiger partial charge is 0.378 e. The van der Waals surface area contributed by atoms with Crippen LogP contribution in [0, 0.1) is 0 Å². The molecular weight excluding hydrogens is 368 g/mol. The monoisotopic (exact) mass is 384 g/mol. The topological polar surface area (TPSA) is 260 Å². The molecule has 0 aliphatic carbocycles. The van der Waals surface area contributed by atoms with Crippen molar-refractivity contribution in [3.8, 4) is 0 Å². The number of aliphatic hydroxyl groups excluding tert-OH is 5. The Morgan fingerprint density at radius 2 is 1.46 bits per heavy atom. The fourth-order valence-electron chi connectivity index (χ4n) is 1.55. The van der Waals surface area contributed by atoms with Gasteiger partial charge in [-0.15, -0.1) is 0 Å². The first-order valence-electron chi connectivity index (χ1n) is 6.50. The lowest BCUT2D eigenvalue weighted by Gasteiger charge is -2.27. The van der Waals surface area contributed by atoms with E-state index in [2.05, 4.69) is 4.74 Å². The fraction of sp³-hybridized carbons (Fsp3) is 0.500. The van der Waals surface area contributed by atoms with Gasteiger partial charge < -0.3 is 50.7 Å². The first-order chi connectivity index (χ1) is 11.8. The molecule has 0 aliphatic rings. The largest absolute Gasteiger partial charge is 0.506 e. The number of aliphatic hydroxyl groups is 6. The Balaban J connectivity index is 5.76. The van der Waals surface area contributed by atoms with E-state index in [0.717, 1.165) is 0 Å². The van der Waals surface area contributed by atoms with Crippen LogP contribution in [0.3, 0.4) is 0 Å². The molecule has 0 saturated heterocycles. The summed E-state index contributed by atoms with van der Waals surface area (Å²) in [6.45, 7) is -1.12. The summed E-state index contributed by atoms with van der Waals surface area (Å²) in [6, 6.07) is 0. The molecule has 0 rings (SSSR count). The second kappa shape index (κ2) is 8.95. The highest BCUT2D eigenvalue weighted by molar-refractivity contribution is 5.94. The van der Waals surface area contributed by atoms with E-state index in [1.54, 1.807) is 0 Å². The lowest BCUT2D eigenvalue weighted by molar-refractivity contribution is -0.197. The van der Waals surface area contributed by atoms with E-state index in [-0.39, 0.29) is 0 Å². The Bertz CT molecular complexity index is 609. The van der Waals surface area contributed by atoms with E-state index in [1.807, 2.05) is 0 Å². The molecule has 0 fully saturated rings. The molecular formula is C12H16O14. The van der Waals surface area contributed by atoms with Gasteiger partial charge in [0.25, 0.3) is 0 Å². The molecule has 0 aliphatic heterocycles. The van der Waals surface area contributed by atoms with Crippen LogP contribution in [0.4, 0.5) is 0 Å². The van der Waals surface area contributed by atoms with Crippen LogP contribution in [0.5, 0.6) is 0 Å². The highest BCUT2D eigenvalue weighted by atomic mass is 16.6. The highest BCUT2D eigenvalue weighted by Crippen LogP contribution is 2.22. The van der Waals surface area contributed by atoms with Crippen molar-refractivity contribution in [2.24, 2.45) is 0 Å². The maximum atomic E-state index is 11.6. The number of carbonyl (C=O) groups is 4. The minimum Gasteiger partial charge on any atom is -0.506 e. The Kier molecular flexibility index (Phi) is 7.94. The van der Waals surface area contributed by atoms with Crippen molar-refractivity contribution >= 4 is 23.9 Å². The van der Waals surface area contributed by atoms with Gasteiger partial charge in [-0.25, -0.2) is 14.4 Å². The molecule has 0 saturated carbocycles. The number of aliphatic carboxylic acids is 3. The Hall–Kier alpha value is -2.94. The fourth-order valence-corrected chi connectivity index (χ4v) is 1.55. The van der Waals surface area contributed by atoms with Crippen LogP contribution in [-0.4, -0.2) is 100 Å². The van der Waals surface area contributed by atoms with Crippen molar-refractivity contribution in [1.82, 2.24) is 0 Å². The van der Waals surface area contributed by atoms with Crippen LogP contribution in [0.25, 0.3) is 0 Å². The van der Waals surface area contributed by atoms with Crippen LogP contribution in [0.1, 0.15) is 6.42 Å². The number of esters is 1. The molecule has 0 unspecified atom stereocenters. The molecule has 148 valence electrons. The molecule has 14 nitrogen and oxygen atoms in total. The van der Waals surface area contributed by atoms with Crippen molar-refractivity contribution in [1.29, 1.82) is 0 Å². The van der Waals surface area contributed by atoms with Crippen molar-refractivity contribution in [2.75, 3.05) is 6.61 Å². The zero-order valence-electron chi connectivity index (χ0n) is 12.7. The quantitative estimate of drug-likeness (QED) is 0.0997. The summed E-state index contributed by atoms with van der Waals surface area (Å²) in [4.78, 5) is 44.3. The van der Waals surface area contributed by atoms with Crippen LogP contribution in [0.2, 0.25) is 0 Å². The summed E-state index contributed by atoms with van der Waals surface area (Å²) >= 11 is 0. The van der Waals surface area contributed by atoms with Gasteiger partial charge in [0.1, 0.15) is 12.2 Å². The molecule has 0 radical (unpaired) electrons. The van der Waals surface area contributed by atoms with E-state index in [1.165, 1.54) is 0 Å². The van der Waals surface area contributed by atoms with E-state index in [4.69, 9.17) is 25.5 Å². The van der Waals surface area contributed by atoms with E-state index >= 15 is 0 Å². The number of carboxylic acids is 3. The van der Waals surface area contributed by atoms with Crippen molar-refractivity contribution in [3.05, 3.63) is 11.5 Å². The molecule has 26 heavy (non-hydrogen) atoms. The predicted octanol–water partition coefficient (Wildman–Crippen LogP) is -3.69. The minimum absolute atomic E-state index is 1.12. The van der Waals surface area contributed by atoms with Gasteiger partial charge in [0.15, 0.2) is 5.76 Å². The van der Waals surface area contributed by atoms with Gasteiger partial charge in [0.05, 0.1) is 13.0 Å². The SMILES string of the molecule is O=C(O)C[C@@](O)(C(=O)O)[C@@H](OC(=O)/C(O)=C(/O)[C@H](O)[C@H](O)CO)C(=O)O. The van der Waals surface area contributed by atoms with Crippen molar-refractivity contribution < 1.29 is 69.9 Å². The zero-order chi connectivity index (χ0) is 20.8. The molecule has 14 heteroatoms. The molecule has 0 amide bonds. The summed E-state index contributed by atoms with van der Waals surface area (Å²) in [6.07, 6.45) is -9.23. The van der Waals surface area contributed by atoms with E-state index in [9.17, 15) is 39.6 Å². The van der Waals surface area contributed by atoms with Crippen LogP contribution in [-0.2, 0) is 23.9 Å². The van der Waals surface area contributed by atoms with Gasteiger partial charge in [-0.05, 0) is 0 Å².